The van der Waals surface area contributed by atoms with E-state index in [9.17, 15) is 19.1 Å². The van der Waals surface area contributed by atoms with Crippen LogP contribution in [0.25, 0.3) is 6.08 Å². The van der Waals surface area contributed by atoms with Gasteiger partial charge in [0.05, 0.1) is 28.7 Å². The molecule has 0 bridgehead atoms. The van der Waals surface area contributed by atoms with Crippen LogP contribution in [0, 0.1) is 18.7 Å². The highest BCUT2D eigenvalue weighted by molar-refractivity contribution is 6.32. The molecule has 2 aliphatic rings. The fourth-order valence-electron chi connectivity index (χ4n) is 4.32. The number of ketones is 1. The van der Waals surface area contributed by atoms with Crippen molar-refractivity contribution in [1.29, 1.82) is 0 Å². The quantitative estimate of drug-likeness (QED) is 0.492. The summed E-state index contributed by atoms with van der Waals surface area (Å²) in [5.74, 6) is -0.993. The number of nitrogens with zero attached hydrogens (tertiary/aromatic N) is 1. The van der Waals surface area contributed by atoms with Gasteiger partial charge in [-0.25, -0.2) is 4.39 Å². The van der Waals surface area contributed by atoms with Crippen molar-refractivity contribution < 1.29 is 28.6 Å². The lowest BCUT2D eigenvalue weighted by Gasteiger charge is -2.31. The zero-order valence-electron chi connectivity index (χ0n) is 18.5. The molecular formula is C25H25ClFNO5. The normalized spacial score (nSPS) is 17.8. The van der Waals surface area contributed by atoms with Crippen LogP contribution in [0.4, 0.5) is 4.39 Å². The molecule has 174 valence electrons. The summed E-state index contributed by atoms with van der Waals surface area (Å²) in [7, 11) is 0. The maximum absolute atomic E-state index is 14.3. The summed E-state index contributed by atoms with van der Waals surface area (Å²) in [5, 5.41) is 10.8. The van der Waals surface area contributed by atoms with Gasteiger partial charge in [0.2, 0.25) is 5.78 Å². The summed E-state index contributed by atoms with van der Waals surface area (Å²) in [6, 6.07) is 5.82. The van der Waals surface area contributed by atoms with E-state index in [-0.39, 0.29) is 45.5 Å². The number of aromatic hydroxyl groups is 1. The van der Waals surface area contributed by atoms with Crippen LogP contribution in [0.15, 0.2) is 30.0 Å². The number of allylic oxidation sites excluding steroid dienone is 1. The second kappa shape index (κ2) is 9.53. The Morgan fingerprint density at radius 3 is 2.76 bits per heavy atom. The number of phenols is 1. The highest BCUT2D eigenvalue weighted by atomic mass is 35.5. The average molecular weight is 474 g/mol. The van der Waals surface area contributed by atoms with E-state index in [1.54, 1.807) is 19.9 Å². The van der Waals surface area contributed by atoms with Crippen LogP contribution < -0.4 is 4.74 Å². The topological polar surface area (TPSA) is 76.1 Å². The summed E-state index contributed by atoms with van der Waals surface area (Å²) < 4.78 is 25.3. The number of piperidine rings is 1. The van der Waals surface area contributed by atoms with Gasteiger partial charge in [0.25, 0.3) is 0 Å². The molecule has 0 saturated carbocycles. The molecule has 2 aromatic rings. The lowest BCUT2D eigenvalue weighted by Crippen LogP contribution is -2.36. The number of rotatable bonds is 5. The van der Waals surface area contributed by atoms with Crippen molar-refractivity contribution in [3.8, 4) is 11.5 Å². The fourth-order valence-corrected chi connectivity index (χ4v) is 4.54. The monoisotopic (exact) mass is 473 g/mol. The van der Waals surface area contributed by atoms with Crippen LogP contribution in [0.2, 0.25) is 5.02 Å². The van der Waals surface area contributed by atoms with E-state index >= 15 is 0 Å². The number of fused-ring (bicyclic) bond motifs is 1. The molecule has 0 amide bonds. The molecule has 0 unspecified atom stereocenters. The number of Topliss-reactive ketones (excluding diaryl/α,β-unsaturated/α-hetero) is 1. The molecule has 0 spiro atoms. The number of hydrogen-bond acceptors (Lipinski definition) is 6. The van der Waals surface area contributed by atoms with Crippen LogP contribution in [0.1, 0.15) is 46.8 Å². The van der Waals surface area contributed by atoms with E-state index in [0.29, 0.717) is 55.8 Å². The van der Waals surface area contributed by atoms with E-state index in [0.717, 1.165) is 0 Å². The van der Waals surface area contributed by atoms with E-state index in [2.05, 4.69) is 4.90 Å². The first-order valence-corrected chi connectivity index (χ1v) is 11.3. The Kier molecular flexibility index (Phi) is 6.72. The maximum atomic E-state index is 14.3. The van der Waals surface area contributed by atoms with Crippen molar-refractivity contribution in [2.45, 2.75) is 33.2 Å². The third-order valence-electron chi connectivity index (χ3n) is 6.09. The molecule has 0 atom stereocenters. The molecule has 0 radical (unpaired) electrons. The van der Waals surface area contributed by atoms with Crippen LogP contribution in [0.5, 0.6) is 11.5 Å². The van der Waals surface area contributed by atoms with Crippen molar-refractivity contribution in [3.05, 3.63) is 63.1 Å². The van der Waals surface area contributed by atoms with Crippen molar-refractivity contribution >= 4 is 29.4 Å². The molecule has 1 fully saturated rings. The molecule has 33 heavy (non-hydrogen) atoms. The largest absolute Gasteiger partial charge is 0.507 e. The Morgan fingerprint density at radius 2 is 2.09 bits per heavy atom. The van der Waals surface area contributed by atoms with Gasteiger partial charge in [-0.05, 0) is 69.6 Å². The Balaban J connectivity index is 1.59. The second-order valence-electron chi connectivity index (χ2n) is 8.27. The molecule has 6 nitrogen and oxygen atoms in total. The molecule has 0 aliphatic carbocycles. The summed E-state index contributed by atoms with van der Waals surface area (Å²) >= 11 is 6.11. The van der Waals surface area contributed by atoms with Crippen molar-refractivity contribution in [2.75, 3.05) is 19.7 Å². The molecule has 2 aromatic carbocycles. The van der Waals surface area contributed by atoms with Crippen LogP contribution in [-0.4, -0.2) is 41.5 Å². The molecule has 1 saturated heterocycles. The number of halogens is 2. The third-order valence-corrected chi connectivity index (χ3v) is 6.41. The van der Waals surface area contributed by atoms with Gasteiger partial charge in [-0.1, -0.05) is 17.7 Å². The fraction of sp³-hybridized carbons (Fsp3) is 0.360. The molecule has 0 aromatic heterocycles. The lowest BCUT2D eigenvalue weighted by atomic mass is 9.95. The summed E-state index contributed by atoms with van der Waals surface area (Å²) in [5.41, 5.74) is 1.48. The van der Waals surface area contributed by atoms with E-state index < -0.39 is 5.82 Å². The highest BCUT2D eigenvalue weighted by Gasteiger charge is 2.35. The molecule has 4 rings (SSSR count). The lowest BCUT2D eigenvalue weighted by molar-refractivity contribution is -0.149. The first-order chi connectivity index (χ1) is 15.8. The van der Waals surface area contributed by atoms with E-state index in [1.165, 1.54) is 24.3 Å². The van der Waals surface area contributed by atoms with Gasteiger partial charge in [-0.15, -0.1) is 0 Å². The minimum Gasteiger partial charge on any atom is -0.507 e. The van der Waals surface area contributed by atoms with Crippen LogP contribution >= 0.6 is 11.6 Å². The Hall–Kier alpha value is -2.90. The van der Waals surface area contributed by atoms with Gasteiger partial charge >= 0.3 is 5.97 Å². The van der Waals surface area contributed by atoms with Gasteiger partial charge in [0, 0.05) is 12.1 Å². The van der Waals surface area contributed by atoms with Gasteiger partial charge in [-0.3, -0.25) is 14.5 Å². The SMILES string of the molecule is CCOC(=O)C1CCN(Cc2c(O)cc(C)c3c2O/C(=C/c2c(F)cccc2Cl)C3=O)CC1. The van der Waals surface area contributed by atoms with Gasteiger partial charge in [0.1, 0.15) is 17.3 Å². The Labute approximate surface area is 196 Å². The van der Waals surface area contributed by atoms with Crippen molar-refractivity contribution in [1.82, 2.24) is 4.90 Å². The number of carbonyl (C=O) groups is 2. The molecule has 2 aliphatic heterocycles. The first kappa shape index (κ1) is 23.3. The zero-order valence-corrected chi connectivity index (χ0v) is 19.2. The summed E-state index contributed by atoms with van der Waals surface area (Å²) in [6.07, 6.45) is 2.61. The molecular weight excluding hydrogens is 449 g/mol. The van der Waals surface area contributed by atoms with Crippen molar-refractivity contribution in [2.24, 2.45) is 5.92 Å². The number of esters is 1. The second-order valence-corrected chi connectivity index (χ2v) is 8.68. The highest BCUT2D eigenvalue weighted by Crippen LogP contribution is 2.43. The third kappa shape index (κ3) is 4.61. The molecule has 8 heteroatoms. The predicted octanol–water partition coefficient (Wildman–Crippen LogP) is 4.88. The summed E-state index contributed by atoms with van der Waals surface area (Å²) in [4.78, 5) is 27.2. The molecule has 1 N–H and O–H groups in total. The van der Waals surface area contributed by atoms with Crippen LogP contribution in [-0.2, 0) is 16.1 Å². The van der Waals surface area contributed by atoms with Crippen LogP contribution in [0.3, 0.4) is 0 Å². The Bertz CT molecular complexity index is 1120. The minimum atomic E-state index is -0.563. The standard InChI is InChI=1S/C25H25ClFNO5/c1-3-32-25(31)15-7-9-28(10-8-15)13-17-20(29)11-14(2)22-23(30)21(33-24(17)22)12-16-18(26)5-4-6-19(16)27/h4-6,11-12,15,29H,3,7-10,13H2,1-2H3/b21-12+. The van der Waals surface area contributed by atoms with Gasteiger partial charge < -0.3 is 14.6 Å². The number of benzene rings is 2. The van der Waals surface area contributed by atoms with Gasteiger partial charge in [-0.2, -0.15) is 0 Å². The number of hydrogen-bond donors (Lipinski definition) is 1. The van der Waals surface area contributed by atoms with E-state index in [1.807, 2.05) is 0 Å². The average Bonchev–Trinajstić information content (AvgIpc) is 3.11. The van der Waals surface area contributed by atoms with E-state index in [4.69, 9.17) is 21.1 Å². The number of aryl methyl sites for hydroxylation is 1. The maximum Gasteiger partial charge on any atom is 0.309 e. The number of ether oxygens (including phenoxy) is 2. The number of likely N-dealkylation sites (tertiary alicyclic amines) is 1. The van der Waals surface area contributed by atoms with Crippen molar-refractivity contribution in [3.63, 3.8) is 0 Å². The molecule has 2 heterocycles. The predicted molar refractivity (Wildman–Crippen MR) is 122 cm³/mol. The number of phenolic OH excluding ortho intramolecular Hbond substituents is 1. The van der Waals surface area contributed by atoms with Gasteiger partial charge in [0.15, 0.2) is 5.76 Å². The minimum absolute atomic E-state index is 0.0248. The summed E-state index contributed by atoms with van der Waals surface area (Å²) in [6.45, 7) is 5.51. The zero-order chi connectivity index (χ0) is 23.7. The smallest absolute Gasteiger partial charge is 0.309 e. The number of carbonyl (C=O) groups excluding carboxylic acids is 2. The first-order valence-electron chi connectivity index (χ1n) is 10.9. The Morgan fingerprint density at radius 1 is 1.36 bits per heavy atom.